The third kappa shape index (κ3) is 4.22. The van der Waals surface area contributed by atoms with Crippen LogP contribution in [0.25, 0.3) is 0 Å². The Morgan fingerprint density at radius 1 is 1.04 bits per heavy atom. The Morgan fingerprint density at radius 2 is 1.84 bits per heavy atom. The normalized spacial score (nSPS) is 11.3. The first-order valence-corrected chi connectivity index (χ1v) is 9.22. The lowest BCUT2D eigenvalue weighted by Gasteiger charge is -2.09. The zero-order chi connectivity index (χ0) is 18.0. The van der Waals surface area contributed by atoms with Crippen molar-refractivity contribution in [3.05, 3.63) is 58.4 Å². The summed E-state index contributed by atoms with van der Waals surface area (Å²) in [6, 6.07) is 8.95. The minimum atomic E-state index is -3.82. The predicted molar refractivity (Wildman–Crippen MR) is 96.0 cm³/mol. The fraction of sp³-hybridized carbons (Fsp3) is 0.0667. The van der Waals surface area contributed by atoms with Gasteiger partial charge in [0, 0.05) is 6.07 Å². The molecule has 0 bridgehead atoms. The van der Waals surface area contributed by atoms with Gasteiger partial charge in [0.25, 0.3) is 10.0 Å². The van der Waals surface area contributed by atoms with Gasteiger partial charge in [-0.05, 0) is 37.3 Å². The molecule has 0 aliphatic carbocycles. The van der Waals surface area contributed by atoms with Gasteiger partial charge in [0.2, 0.25) is 0 Å². The van der Waals surface area contributed by atoms with Crippen LogP contribution < -0.4 is 10.0 Å². The molecule has 0 unspecified atom stereocenters. The number of nitrogens with one attached hydrogen (secondary N) is 2. The van der Waals surface area contributed by atoms with Crippen LogP contribution in [-0.2, 0) is 10.0 Å². The molecule has 7 nitrogen and oxygen atoms in total. The number of pyridine rings is 1. The van der Waals surface area contributed by atoms with Crippen molar-refractivity contribution in [3.63, 3.8) is 0 Å². The van der Waals surface area contributed by atoms with Crippen LogP contribution in [0.15, 0.2) is 52.0 Å². The highest BCUT2D eigenvalue weighted by molar-refractivity contribution is 7.92. The number of rotatable bonds is 5. The molecule has 0 saturated heterocycles. The molecule has 10 heteroatoms. The lowest BCUT2D eigenvalue weighted by atomic mass is 10.4. The summed E-state index contributed by atoms with van der Waals surface area (Å²) in [5.74, 6) is 1.36. The third-order valence-corrected chi connectivity index (χ3v) is 5.20. The molecule has 0 amide bonds. The van der Waals surface area contributed by atoms with Gasteiger partial charge in [-0.2, -0.15) is 0 Å². The fourth-order valence-corrected chi connectivity index (χ4v) is 3.34. The van der Waals surface area contributed by atoms with Crippen molar-refractivity contribution in [1.82, 2.24) is 10.1 Å². The maximum Gasteiger partial charge on any atom is 0.263 e. The van der Waals surface area contributed by atoms with E-state index in [0.29, 0.717) is 17.3 Å². The number of anilines is 3. The highest BCUT2D eigenvalue weighted by Gasteiger charge is 2.16. The fourth-order valence-electron chi connectivity index (χ4n) is 1.94. The Balaban J connectivity index is 1.74. The lowest BCUT2D eigenvalue weighted by Crippen LogP contribution is -2.13. The summed E-state index contributed by atoms with van der Waals surface area (Å²) in [5.41, 5.74) is 0.630. The van der Waals surface area contributed by atoms with E-state index in [1.807, 2.05) is 0 Å². The second-order valence-electron chi connectivity index (χ2n) is 5.06. The second kappa shape index (κ2) is 6.91. The van der Waals surface area contributed by atoms with Crippen LogP contribution in [0.5, 0.6) is 0 Å². The number of sulfonamides is 1. The van der Waals surface area contributed by atoms with Gasteiger partial charge in [0.05, 0.1) is 26.8 Å². The van der Waals surface area contributed by atoms with Crippen LogP contribution in [-0.4, -0.2) is 18.6 Å². The molecule has 3 aromatic rings. The van der Waals surface area contributed by atoms with Gasteiger partial charge in [0.1, 0.15) is 11.6 Å². The summed E-state index contributed by atoms with van der Waals surface area (Å²) < 4.78 is 32.0. The van der Waals surface area contributed by atoms with Gasteiger partial charge in [-0.3, -0.25) is 4.72 Å². The first-order valence-electron chi connectivity index (χ1n) is 6.98. The largest absolute Gasteiger partial charge is 0.360 e. The number of halogens is 2. The van der Waals surface area contributed by atoms with E-state index in [-0.39, 0.29) is 20.8 Å². The molecule has 2 N–H and O–H groups in total. The summed E-state index contributed by atoms with van der Waals surface area (Å²) in [4.78, 5) is 4.05. The number of hydrogen-bond donors (Lipinski definition) is 2. The van der Waals surface area contributed by atoms with E-state index < -0.39 is 10.0 Å². The molecular formula is C15H12Cl2N4O3S. The average Bonchev–Trinajstić information content (AvgIpc) is 2.96. The van der Waals surface area contributed by atoms with Crippen LogP contribution in [0.2, 0.25) is 10.0 Å². The first kappa shape index (κ1) is 17.5. The number of nitrogens with zero attached hydrogens (tertiary/aromatic N) is 2. The molecule has 0 fully saturated rings. The van der Waals surface area contributed by atoms with Gasteiger partial charge >= 0.3 is 0 Å². The van der Waals surface area contributed by atoms with Crippen LogP contribution >= 0.6 is 23.2 Å². The summed E-state index contributed by atoms with van der Waals surface area (Å²) in [7, 11) is -3.82. The van der Waals surface area contributed by atoms with Crippen LogP contribution in [0.3, 0.4) is 0 Å². The second-order valence-corrected chi connectivity index (χ2v) is 7.56. The molecule has 130 valence electrons. The lowest BCUT2D eigenvalue weighted by molar-refractivity contribution is 0.400. The molecule has 0 saturated carbocycles. The zero-order valence-electron chi connectivity index (χ0n) is 12.8. The van der Waals surface area contributed by atoms with E-state index in [0.717, 1.165) is 0 Å². The van der Waals surface area contributed by atoms with Crippen molar-refractivity contribution in [2.45, 2.75) is 11.8 Å². The zero-order valence-corrected chi connectivity index (χ0v) is 15.2. The van der Waals surface area contributed by atoms with Gasteiger partial charge < -0.3 is 9.84 Å². The molecule has 0 aliphatic heterocycles. The molecule has 1 aromatic carbocycles. The Hall–Kier alpha value is -2.29. The molecule has 0 aliphatic rings. The van der Waals surface area contributed by atoms with E-state index in [4.69, 9.17) is 27.7 Å². The predicted octanol–water partition coefficient (Wildman–Crippen LogP) is 4.23. The Kier molecular flexibility index (Phi) is 4.85. The number of benzene rings is 1. The summed E-state index contributed by atoms with van der Waals surface area (Å²) in [6.45, 7) is 1.78. The van der Waals surface area contributed by atoms with Crippen molar-refractivity contribution in [2.24, 2.45) is 0 Å². The van der Waals surface area contributed by atoms with Crippen molar-refractivity contribution >= 4 is 50.5 Å². The quantitative estimate of drug-likeness (QED) is 0.667. The third-order valence-electron chi connectivity index (χ3n) is 3.10. The highest BCUT2D eigenvalue weighted by Crippen LogP contribution is 2.26. The van der Waals surface area contributed by atoms with Crippen molar-refractivity contribution in [1.29, 1.82) is 0 Å². The topological polar surface area (TPSA) is 97.1 Å². The summed E-state index contributed by atoms with van der Waals surface area (Å²) in [5, 5.41) is 7.21. The molecule has 0 spiro atoms. The molecule has 3 rings (SSSR count). The summed E-state index contributed by atoms with van der Waals surface area (Å²) >= 11 is 11.7. The first-order chi connectivity index (χ1) is 11.8. The minimum Gasteiger partial charge on any atom is -0.360 e. The van der Waals surface area contributed by atoms with Gasteiger partial charge in [-0.1, -0.05) is 28.4 Å². The Labute approximate surface area is 154 Å². The highest BCUT2D eigenvalue weighted by atomic mass is 35.5. The maximum atomic E-state index is 12.4. The van der Waals surface area contributed by atoms with Crippen molar-refractivity contribution in [3.8, 4) is 0 Å². The van der Waals surface area contributed by atoms with Crippen LogP contribution in [0.4, 0.5) is 17.3 Å². The molecule has 2 aromatic heterocycles. The molecule has 0 atom stereocenters. The van der Waals surface area contributed by atoms with Crippen LogP contribution in [0.1, 0.15) is 5.76 Å². The number of aryl methyl sites for hydroxylation is 1. The smallest absolute Gasteiger partial charge is 0.263 e. The SMILES string of the molecule is Cc1cc(Nc2ccc(NS(=O)(=O)c3ccc(Cl)c(Cl)c3)nc2)no1. The van der Waals surface area contributed by atoms with E-state index in [1.54, 1.807) is 19.1 Å². The summed E-state index contributed by atoms with van der Waals surface area (Å²) in [6.07, 6.45) is 1.47. The van der Waals surface area contributed by atoms with E-state index >= 15 is 0 Å². The van der Waals surface area contributed by atoms with Gasteiger partial charge in [0.15, 0.2) is 5.82 Å². The Morgan fingerprint density at radius 3 is 2.44 bits per heavy atom. The maximum absolute atomic E-state index is 12.4. The number of hydrogen-bond acceptors (Lipinski definition) is 6. The minimum absolute atomic E-state index is 0.0102. The average molecular weight is 399 g/mol. The van der Waals surface area contributed by atoms with E-state index in [9.17, 15) is 8.42 Å². The van der Waals surface area contributed by atoms with Gasteiger partial charge in [-0.25, -0.2) is 13.4 Å². The molecule has 0 radical (unpaired) electrons. The van der Waals surface area contributed by atoms with Crippen molar-refractivity contribution < 1.29 is 12.9 Å². The van der Waals surface area contributed by atoms with E-state index in [2.05, 4.69) is 20.2 Å². The van der Waals surface area contributed by atoms with Crippen molar-refractivity contribution in [2.75, 3.05) is 10.0 Å². The monoisotopic (exact) mass is 398 g/mol. The molecular weight excluding hydrogens is 387 g/mol. The van der Waals surface area contributed by atoms with E-state index in [1.165, 1.54) is 30.5 Å². The molecule has 25 heavy (non-hydrogen) atoms. The Bertz CT molecular complexity index is 1000. The number of aromatic nitrogens is 2. The standard InChI is InChI=1S/C15H12Cl2N4O3S/c1-9-6-15(20-24-9)19-10-2-5-14(18-8-10)21-25(22,23)11-3-4-12(16)13(17)7-11/h2-8H,1H3,(H,18,21)(H,19,20). The van der Waals surface area contributed by atoms with Gasteiger partial charge in [-0.15, -0.1) is 0 Å². The van der Waals surface area contributed by atoms with Crippen LogP contribution in [0, 0.1) is 6.92 Å². The molecule has 2 heterocycles.